The summed E-state index contributed by atoms with van der Waals surface area (Å²) in [6.07, 6.45) is 3.60. The van der Waals surface area contributed by atoms with Crippen molar-refractivity contribution >= 4 is 6.09 Å². The van der Waals surface area contributed by atoms with E-state index in [0.717, 1.165) is 31.6 Å². The highest BCUT2D eigenvalue weighted by molar-refractivity contribution is 5.68. The first-order valence-electron chi connectivity index (χ1n) is 8.33. The number of amides is 1. The van der Waals surface area contributed by atoms with Gasteiger partial charge in [0.05, 0.1) is 5.69 Å². The number of carbonyl (C=O) groups excluding carboxylic acids is 1. The molecule has 1 aromatic heterocycles. The number of nitrogens with zero attached hydrogens (tertiary/aromatic N) is 3. The molecule has 1 N–H and O–H groups in total. The van der Waals surface area contributed by atoms with Gasteiger partial charge in [0.15, 0.2) is 0 Å². The largest absolute Gasteiger partial charge is 0.444 e. The molecule has 0 radical (unpaired) electrons. The van der Waals surface area contributed by atoms with Gasteiger partial charge in [0.2, 0.25) is 0 Å². The third-order valence-corrected chi connectivity index (χ3v) is 4.05. The SMILES string of the molecule is CC(NCc1cccnn1)C1CCCN(C(=O)OC(C)(C)C)C1. The van der Waals surface area contributed by atoms with Crippen LogP contribution in [0.15, 0.2) is 18.3 Å². The van der Waals surface area contributed by atoms with Crippen molar-refractivity contribution in [1.29, 1.82) is 0 Å². The molecular weight excluding hydrogens is 292 g/mol. The van der Waals surface area contributed by atoms with Gasteiger partial charge in [-0.25, -0.2) is 4.79 Å². The predicted octanol–water partition coefficient (Wildman–Crippen LogP) is 2.60. The lowest BCUT2D eigenvalue weighted by atomic mass is 9.91. The Morgan fingerprint density at radius 3 is 2.96 bits per heavy atom. The Morgan fingerprint density at radius 1 is 1.52 bits per heavy atom. The molecule has 0 spiro atoms. The van der Waals surface area contributed by atoms with E-state index < -0.39 is 5.60 Å². The molecular formula is C17H28N4O2. The van der Waals surface area contributed by atoms with Crippen molar-refractivity contribution in [2.45, 2.75) is 58.7 Å². The van der Waals surface area contributed by atoms with Crippen LogP contribution < -0.4 is 5.32 Å². The van der Waals surface area contributed by atoms with Crippen LogP contribution in [0.25, 0.3) is 0 Å². The summed E-state index contributed by atoms with van der Waals surface area (Å²) in [7, 11) is 0. The molecule has 2 heterocycles. The van der Waals surface area contributed by atoms with Gasteiger partial charge in [0.1, 0.15) is 5.60 Å². The number of aromatic nitrogens is 2. The minimum Gasteiger partial charge on any atom is -0.444 e. The Morgan fingerprint density at radius 2 is 2.30 bits per heavy atom. The molecule has 2 unspecified atom stereocenters. The molecule has 6 nitrogen and oxygen atoms in total. The molecule has 1 amide bonds. The third kappa shape index (κ3) is 5.78. The highest BCUT2D eigenvalue weighted by Gasteiger charge is 2.29. The van der Waals surface area contributed by atoms with Crippen LogP contribution in [0, 0.1) is 5.92 Å². The van der Waals surface area contributed by atoms with Crippen molar-refractivity contribution in [2.75, 3.05) is 13.1 Å². The molecule has 1 fully saturated rings. The van der Waals surface area contributed by atoms with Crippen LogP contribution in [0.5, 0.6) is 0 Å². The zero-order valence-electron chi connectivity index (χ0n) is 14.6. The second-order valence-electron chi connectivity index (χ2n) is 7.21. The van der Waals surface area contributed by atoms with Gasteiger partial charge in [-0.1, -0.05) is 0 Å². The molecule has 1 aliphatic heterocycles. The van der Waals surface area contributed by atoms with Gasteiger partial charge in [0, 0.05) is 31.9 Å². The molecule has 2 atom stereocenters. The molecule has 0 bridgehead atoms. The topological polar surface area (TPSA) is 67.4 Å². The summed E-state index contributed by atoms with van der Waals surface area (Å²) in [4.78, 5) is 14.1. The van der Waals surface area contributed by atoms with E-state index >= 15 is 0 Å². The fourth-order valence-corrected chi connectivity index (χ4v) is 2.77. The highest BCUT2D eigenvalue weighted by Crippen LogP contribution is 2.22. The average Bonchev–Trinajstić information content (AvgIpc) is 2.52. The predicted molar refractivity (Wildman–Crippen MR) is 88.9 cm³/mol. The normalized spacial score (nSPS) is 20.2. The van der Waals surface area contributed by atoms with E-state index in [9.17, 15) is 4.79 Å². The van der Waals surface area contributed by atoms with E-state index in [1.807, 2.05) is 37.8 Å². The van der Waals surface area contributed by atoms with Crippen LogP contribution in [0.1, 0.15) is 46.2 Å². The Labute approximate surface area is 138 Å². The van der Waals surface area contributed by atoms with Crippen LogP contribution in [-0.2, 0) is 11.3 Å². The smallest absolute Gasteiger partial charge is 0.410 e. The minimum absolute atomic E-state index is 0.205. The van der Waals surface area contributed by atoms with E-state index in [-0.39, 0.29) is 6.09 Å². The molecule has 2 rings (SSSR count). The molecule has 0 aromatic carbocycles. The molecule has 23 heavy (non-hydrogen) atoms. The number of rotatable bonds is 4. The summed E-state index contributed by atoms with van der Waals surface area (Å²) in [6.45, 7) is 10.1. The Bertz CT molecular complexity index is 501. The second kappa shape index (κ2) is 7.73. The molecule has 6 heteroatoms. The maximum absolute atomic E-state index is 12.2. The lowest BCUT2D eigenvalue weighted by Crippen LogP contribution is -2.47. The van der Waals surface area contributed by atoms with Gasteiger partial charge in [-0.2, -0.15) is 10.2 Å². The standard InChI is InChI=1S/C17H28N4O2/c1-13(18-11-15-8-5-9-19-20-15)14-7-6-10-21(12-14)16(22)23-17(2,3)4/h5,8-9,13-14,18H,6-7,10-12H2,1-4H3. The van der Waals surface area contributed by atoms with Crippen molar-refractivity contribution in [3.05, 3.63) is 24.0 Å². The summed E-state index contributed by atoms with van der Waals surface area (Å²) in [5.74, 6) is 0.424. The zero-order chi connectivity index (χ0) is 16.9. The first kappa shape index (κ1) is 17.7. The Hall–Kier alpha value is -1.69. The van der Waals surface area contributed by atoms with Gasteiger partial charge in [-0.3, -0.25) is 0 Å². The molecule has 0 saturated carbocycles. The van der Waals surface area contributed by atoms with Gasteiger partial charge in [-0.05, 0) is 58.6 Å². The number of ether oxygens (including phenoxy) is 1. The number of piperidine rings is 1. The monoisotopic (exact) mass is 320 g/mol. The van der Waals surface area contributed by atoms with E-state index in [2.05, 4.69) is 22.4 Å². The van der Waals surface area contributed by atoms with Crippen LogP contribution in [0.2, 0.25) is 0 Å². The number of carbonyl (C=O) groups is 1. The molecule has 0 aliphatic carbocycles. The van der Waals surface area contributed by atoms with E-state index in [0.29, 0.717) is 18.5 Å². The van der Waals surface area contributed by atoms with Crippen molar-refractivity contribution in [2.24, 2.45) is 5.92 Å². The average molecular weight is 320 g/mol. The van der Waals surface area contributed by atoms with Gasteiger partial charge < -0.3 is 15.0 Å². The summed E-state index contributed by atoms with van der Waals surface area (Å²) in [5, 5.41) is 11.5. The summed E-state index contributed by atoms with van der Waals surface area (Å²) in [5.41, 5.74) is 0.485. The Balaban J connectivity index is 1.84. The summed E-state index contributed by atoms with van der Waals surface area (Å²) in [6, 6.07) is 4.15. The van der Waals surface area contributed by atoms with Gasteiger partial charge >= 0.3 is 6.09 Å². The lowest BCUT2D eigenvalue weighted by molar-refractivity contribution is 0.0148. The molecule has 128 valence electrons. The minimum atomic E-state index is -0.445. The van der Waals surface area contributed by atoms with Crippen LogP contribution >= 0.6 is 0 Å². The van der Waals surface area contributed by atoms with Crippen LogP contribution in [-0.4, -0.2) is 45.9 Å². The maximum Gasteiger partial charge on any atom is 0.410 e. The van der Waals surface area contributed by atoms with Crippen molar-refractivity contribution in [3.63, 3.8) is 0 Å². The fraction of sp³-hybridized carbons (Fsp3) is 0.706. The van der Waals surface area contributed by atoms with E-state index in [4.69, 9.17) is 4.74 Å². The first-order chi connectivity index (χ1) is 10.8. The van der Waals surface area contributed by atoms with E-state index in [1.165, 1.54) is 0 Å². The molecule has 1 aromatic rings. The first-order valence-corrected chi connectivity index (χ1v) is 8.33. The summed E-state index contributed by atoms with van der Waals surface area (Å²) >= 11 is 0. The highest BCUT2D eigenvalue weighted by atomic mass is 16.6. The second-order valence-corrected chi connectivity index (χ2v) is 7.21. The number of hydrogen-bond acceptors (Lipinski definition) is 5. The molecule has 1 saturated heterocycles. The number of likely N-dealkylation sites (tertiary alicyclic amines) is 1. The van der Waals surface area contributed by atoms with Crippen LogP contribution in [0.4, 0.5) is 4.79 Å². The van der Waals surface area contributed by atoms with Crippen molar-refractivity contribution in [3.8, 4) is 0 Å². The Kier molecular flexibility index (Phi) is 5.93. The van der Waals surface area contributed by atoms with E-state index in [1.54, 1.807) is 6.20 Å². The zero-order valence-corrected chi connectivity index (χ0v) is 14.6. The quantitative estimate of drug-likeness (QED) is 0.923. The number of nitrogens with one attached hydrogen (secondary N) is 1. The molecule has 1 aliphatic rings. The third-order valence-electron chi connectivity index (χ3n) is 4.05. The van der Waals surface area contributed by atoms with Crippen molar-refractivity contribution in [1.82, 2.24) is 20.4 Å². The van der Waals surface area contributed by atoms with Gasteiger partial charge in [-0.15, -0.1) is 0 Å². The summed E-state index contributed by atoms with van der Waals surface area (Å²) < 4.78 is 5.48. The lowest BCUT2D eigenvalue weighted by Gasteiger charge is -2.36. The fourth-order valence-electron chi connectivity index (χ4n) is 2.77. The van der Waals surface area contributed by atoms with Crippen molar-refractivity contribution < 1.29 is 9.53 Å². The maximum atomic E-state index is 12.2. The van der Waals surface area contributed by atoms with Gasteiger partial charge in [0.25, 0.3) is 0 Å². The number of hydrogen-bond donors (Lipinski definition) is 1. The van der Waals surface area contributed by atoms with Crippen LogP contribution in [0.3, 0.4) is 0 Å².